The molecule has 0 aliphatic heterocycles. The molecule has 30 heavy (non-hydrogen) atoms. The summed E-state index contributed by atoms with van der Waals surface area (Å²) in [5, 5.41) is 32.2. The highest BCUT2D eigenvalue weighted by atomic mass is 16.4. The maximum Gasteiger partial charge on any atom is 0.326 e. The molecule has 1 aliphatic rings. The molecule has 4 rings (SSSR count). The smallest absolute Gasteiger partial charge is 0.326 e. The first-order valence-electron chi connectivity index (χ1n) is 9.18. The summed E-state index contributed by atoms with van der Waals surface area (Å²) in [6.07, 6.45) is 0.0734. The predicted molar refractivity (Wildman–Crippen MR) is 108 cm³/mol. The van der Waals surface area contributed by atoms with Crippen LogP contribution in [0.3, 0.4) is 0 Å². The fraction of sp³-hybridized carbons (Fsp3) is 0.0870. The molecule has 0 bridgehead atoms. The summed E-state index contributed by atoms with van der Waals surface area (Å²) in [6.45, 7) is 0. The molecule has 0 aromatic heterocycles. The number of phenolic OH excluding ortho intramolecular Hbond substituents is 2. The number of benzene rings is 3. The van der Waals surface area contributed by atoms with Crippen LogP contribution in [-0.2, 0) is 11.2 Å². The second-order valence-electron chi connectivity index (χ2n) is 6.99. The van der Waals surface area contributed by atoms with Gasteiger partial charge in [0.05, 0.1) is 11.1 Å². The number of ketones is 2. The molecule has 7 heteroatoms. The molecule has 0 heterocycles. The Kier molecular flexibility index (Phi) is 4.71. The Labute approximate surface area is 171 Å². The van der Waals surface area contributed by atoms with Gasteiger partial charge in [-0.15, -0.1) is 0 Å². The van der Waals surface area contributed by atoms with Gasteiger partial charge in [0, 0.05) is 23.2 Å². The zero-order chi connectivity index (χ0) is 21.4. The lowest BCUT2D eigenvalue weighted by atomic mass is 9.82. The van der Waals surface area contributed by atoms with Crippen molar-refractivity contribution in [3.63, 3.8) is 0 Å². The van der Waals surface area contributed by atoms with E-state index < -0.39 is 23.6 Å². The zero-order valence-electron chi connectivity index (χ0n) is 15.6. The van der Waals surface area contributed by atoms with Crippen molar-refractivity contribution in [2.45, 2.75) is 12.5 Å². The molecule has 0 radical (unpaired) electrons. The molecular formula is C23H17NO6. The Morgan fingerprint density at radius 3 is 2.03 bits per heavy atom. The first-order chi connectivity index (χ1) is 14.4. The van der Waals surface area contributed by atoms with E-state index >= 15 is 0 Å². The molecule has 150 valence electrons. The van der Waals surface area contributed by atoms with Gasteiger partial charge in [-0.2, -0.15) is 0 Å². The van der Waals surface area contributed by atoms with Crippen LogP contribution < -0.4 is 5.32 Å². The molecule has 0 saturated heterocycles. The Hall–Kier alpha value is -4.13. The molecule has 0 spiro atoms. The number of hydrogen-bond acceptors (Lipinski definition) is 6. The summed E-state index contributed by atoms with van der Waals surface area (Å²) in [5.74, 6) is -2.39. The maximum atomic E-state index is 13.1. The SMILES string of the molecule is O=C1c2ccccc2C(=O)c2c(N[C@@H](Cc3ccc(O)cc3)C(=O)O)ccc(O)c21. The molecule has 3 aromatic carbocycles. The fourth-order valence-electron chi connectivity index (χ4n) is 3.58. The monoisotopic (exact) mass is 403 g/mol. The minimum absolute atomic E-state index is 0.0457. The molecule has 0 saturated carbocycles. The van der Waals surface area contributed by atoms with Crippen LogP contribution in [0, 0.1) is 0 Å². The van der Waals surface area contributed by atoms with Gasteiger partial charge in [-0.05, 0) is 29.8 Å². The van der Waals surface area contributed by atoms with Gasteiger partial charge in [0.15, 0.2) is 11.6 Å². The van der Waals surface area contributed by atoms with Crippen molar-refractivity contribution in [3.8, 4) is 11.5 Å². The van der Waals surface area contributed by atoms with Crippen LogP contribution in [0.5, 0.6) is 11.5 Å². The highest BCUT2D eigenvalue weighted by Gasteiger charge is 2.34. The number of carboxylic acids is 1. The van der Waals surface area contributed by atoms with E-state index in [2.05, 4.69) is 5.32 Å². The number of carbonyl (C=O) groups excluding carboxylic acids is 2. The minimum Gasteiger partial charge on any atom is -0.508 e. The van der Waals surface area contributed by atoms with E-state index in [1.165, 1.54) is 36.4 Å². The Morgan fingerprint density at radius 1 is 0.833 bits per heavy atom. The number of fused-ring (bicyclic) bond motifs is 2. The van der Waals surface area contributed by atoms with Crippen molar-refractivity contribution >= 4 is 23.2 Å². The first-order valence-corrected chi connectivity index (χ1v) is 9.18. The summed E-state index contributed by atoms with van der Waals surface area (Å²) in [6, 6.07) is 14.0. The number of anilines is 1. The second kappa shape index (κ2) is 7.36. The van der Waals surface area contributed by atoms with E-state index in [-0.39, 0.29) is 45.9 Å². The largest absolute Gasteiger partial charge is 0.508 e. The van der Waals surface area contributed by atoms with Gasteiger partial charge >= 0.3 is 5.97 Å². The number of carbonyl (C=O) groups is 3. The third-order valence-corrected chi connectivity index (χ3v) is 5.06. The lowest BCUT2D eigenvalue weighted by molar-refractivity contribution is -0.137. The third kappa shape index (κ3) is 3.26. The van der Waals surface area contributed by atoms with Crippen molar-refractivity contribution < 1.29 is 29.7 Å². The van der Waals surface area contributed by atoms with E-state index in [1.807, 2.05) is 0 Å². The second-order valence-corrected chi connectivity index (χ2v) is 6.99. The Balaban J connectivity index is 1.75. The maximum absolute atomic E-state index is 13.1. The van der Waals surface area contributed by atoms with Gasteiger partial charge in [-0.1, -0.05) is 36.4 Å². The van der Waals surface area contributed by atoms with E-state index in [1.54, 1.807) is 24.3 Å². The van der Waals surface area contributed by atoms with Crippen LogP contribution in [0.15, 0.2) is 60.7 Å². The van der Waals surface area contributed by atoms with Crippen LogP contribution in [-0.4, -0.2) is 38.9 Å². The van der Waals surface area contributed by atoms with E-state index in [4.69, 9.17) is 0 Å². The van der Waals surface area contributed by atoms with Crippen LogP contribution in [0.25, 0.3) is 0 Å². The predicted octanol–water partition coefficient (Wildman–Crippen LogP) is 2.98. The van der Waals surface area contributed by atoms with Crippen molar-refractivity contribution in [2.24, 2.45) is 0 Å². The highest BCUT2D eigenvalue weighted by Crippen LogP contribution is 2.37. The third-order valence-electron chi connectivity index (χ3n) is 5.06. The molecule has 0 fully saturated rings. The fourth-order valence-corrected chi connectivity index (χ4v) is 3.58. The number of aliphatic carboxylic acids is 1. The summed E-state index contributed by atoms with van der Waals surface area (Å²) < 4.78 is 0. The van der Waals surface area contributed by atoms with Gasteiger partial charge in [0.25, 0.3) is 0 Å². The highest BCUT2D eigenvalue weighted by molar-refractivity contribution is 6.31. The summed E-state index contributed by atoms with van der Waals surface area (Å²) in [5.41, 5.74) is 1.03. The number of phenols is 2. The average molecular weight is 403 g/mol. The number of nitrogens with one attached hydrogen (secondary N) is 1. The van der Waals surface area contributed by atoms with Gasteiger partial charge in [-0.25, -0.2) is 4.79 Å². The van der Waals surface area contributed by atoms with Gasteiger partial charge in [0.2, 0.25) is 0 Å². The molecular weight excluding hydrogens is 386 g/mol. The van der Waals surface area contributed by atoms with Gasteiger partial charge in [0.1, 0.15) is 17.5 Å². The average Bonchev–Trinajstić information content (AvgIpc) is 2.74. The quantitative estimate of drug-likeness (QED) is 0.378. The van der Waals surface area contributed by atoms with Gasteiger partial charge < -0.3 is 20.6 Å². The van der Waals surface area contributed by atoms with Crippen molar-refractivity contribution in [3.05, 3.63) is 88.5 Å². The topological polar surface area (TPSA) is 124 Å². The lowest BCUT2D eigenvalue weighted by Crippen LogP contribution is -2.33. The van der Waals surface area contributed by atoms with E-state index in [0.29, 0.717) is 5.56 Å². The molecule has 0 unspecified atom stereocenters. The molecule has 3 aromatic rings. The molecule has 1 atom stereocenters. The summed E-state index contributed by atoms with van der Waals surface area (Å²) in [7, 11) is 0. The first kappa shape index (κ1) is 19.2. The number of aromatic hydroxyl groups is 2. The molecule has 7 nitrogen and oxygen atoms in total. The summed E-state index contributed by atoms with van der Waals surface area (Å²) in [4.78, 5) is 37.8. The van der Waals surface area contributed by atoms with Gasteiger partial charge in [-0.3, -0.25) is 9.59 Å². The van der Waals surface area contributed by atoms with Crippen molar-refractivity contribution in [2.75, 3.05) is 5.32 Å². The van der Waals surface area contributed by atoms with Crippen molar-refractivity contribution in [1.29, 1.82) is 0 Å². The number of rotatable bonds is 5. The Morgan fingerprint density at radius 2 is 1.43 bits per heavy atom. The zero-order valence-corrected chi connectivity index (χ0v) is 15.6. The minimum atomic E-state index is -1.15. The standard InChI is InChI=1S/C23H17NO6/c25-13-7-5-12(6-8-13)11-17(23(29)30)24-16-9-10-18(26)20-19(16)21(27)14-3-1-2-4-15(14)22(20)28/h1-10,17,24-26H,11H2,(H,29,30)/t17-/m0/s1. The normalized spacial score (nSPS) is 13.3. The number of hydrogen-bond donors (Lipinski definition) is 4. The van der Waals surface area contributed by atoms with Crippen LogP contribution >= 0.6 is 0 Å². The molecule has 4 N–H and O–H groups in total. The van der Waals surface area contributed by atoms with E-state index in [9.17, 15) is 29.7 Å². The van der Waals surface area contributed by atoms with Crippen molar-refractivity contribution in [1.82, 2.24) is 0 Å². The lowest BCUT2D eigenvalue weighted by Gasteiger charge is -2.23. The van der Waals surface area contributed by atoms with Crippen LogP contribution in [0.1, 0.15) is 37.4 Å². The van der Waals surface area contributed by atoms with Crippen LogP contribution in [0.4, 0.5) is 5.69 Å². The molecule has 0 amide bonds. The molecule has 1 aliphatic carbocycles. The van der Waals surface area contributed by atoms with E-state index in [0.717, 1.165) is 0 Å². The summed E-state index contributed by atoms with van der Waals surface area (Å²) >= 11 is 0. The Bertz CT molecular complexity index is 1180. The number of carboxylic acid groups (broad SMARTS) is 1. The van der Waals surface area contributed by atoms with Crippen LogP contribution in [0.2, 0.25) is 0 Å².